The maximum atomic E-state index is 12.2. The van der Waals surface area contributed by atoms with Crippen molar-refractivity contribution < 1.29 is 19.5 Å². The lowest BCUT2D eigenvalue weighted by molar-refractivity contribution is -0.142. The number of rotatable bonds is 3. The van der Waals surface area contributed by atoms with Crippen LogP contribution >= 0.6 is 0 Å². The van der Waals surface area contributed by atoms with Gasteiger partial charge in [0.1, 0.15) is 6.04 Å². The van der Waals surface area contributed by atoms with E-state index < -0.39 is 12.0 Å². The molecule has 3 amide bonds. The summed E-state index contributed by atoms with van der Waals surface area (Å²) in [5, 5.41) is 11.3. The third kappa shape index (κ3) is 3.86. The number of urea groups is 1. The van der Waals surface area contributed by atoms with E-state index in [-0.39, 0.29) is 17.9 Å². The van der Waals surface area contributed by atoms with E-state index in [9.17, 15) is 14.4 Å². The maximum Gasteiger partial charge on any atom is 0.325 e. The van der Waals surface area contributed by atoms with Crippen molar-refractivity contribution in [3.63, 3.8) is 0 Å². The lowest BCUT2D eigenvalue weighted by Gasteiger charge is -2.34. The van der Waals surface area contributed by atoms with Crippen molar-refractivity contribution in [1.82, 2.24) is 15.1 Å². The Morgan fingerprint density at radius 2 is 1.57 bits per heavy atom. The fourth-order valence-electron chi connectivity index (χ4n) is 2.83. The zero-order valence-corrected chi connectivity index (χ0v) is 12.4. The molecule has 2 fully saturated rings. The summed E-state index contributed by atoms with van der Waals surface area (Å²) in [6.07, 6.45) is 3.32. The summed E-state index contributed by atoms with van der Waals surface area (Å²) in [7, 11) is 0. The molecule has 2 aliphatic rings. The number of likely N-dealkylation sites (tertiary alicyclic amines) is 2. The van der Waals surface area contributed by atoms with Crippen LogP contribution in [-0.4, -0.2) is 65.0 Å². The van der Waals surface area contributed by atoms with Crippen LogP contribution < -0.4 is 5.32 Å². The number of carbonyl (C=O) groups is 3. The molecule has 7 nitrogen and oxygen atoms in total. The van der Waals surface area contributed by atoms with Crippen LogP contribution in [0.1, 0.15) is 32.6 Å². The first-order chi connectivity index (χ1) is 9.99. The molecular formula is C14H23N3O4. The number of piperidine rings is 1. The Morgan fingerprint density at radius 3 is 2.10 bits per heavy atom. The molecule has 0 saturated carbocycles. The number of nitrogens with zero attached hydrogens (tertiary/aromatic N) is 2. The van der Waals surface area contributed by atoms with Gasteiger partial charge in [0.05, 0.1) is 0 Å². The summed E-state index contributed by atoms with van der Waals surface area (Å²) in [6, 6.07) is -0.799. The fourth-order valence-corrected chi connectivity index (χ4v) is 2.83. The van der Waals surface area contributed by atoms with Crippen molar-refractivity contribution in [2.45, 2.75) is 38.6 Å². The van der Waals surface area contributed by atoms with Crippen LogP contribution in [0.15, 0.2) is 0 Å². The highest BCUT2D eigenvalue weighted by atomic mass is 16.4. The minimum Gasteiger partial charge on any atom is -0.480 e. The van der Waals surface area contributed by atoms with Crippen molar-refractivity contribution >= 4 is 17.9 Å². The second-order valence-corrected chi connectivity index (χ2v) is 5.81. The van der Waals surface area contributed by atoms with E-state index in [4.69, 9.17) is 5.11 Å². The number of hydrogen-bond donors (Lipinski definition) is 2. The van der Waals surface area contributed by atoms with E-state index in [0.717, 1.165) is 25.9 Å². The van der Waals surface area contributed by atoms with Crippen molar-refractivity contribution in [2.24, 2.45) is 5.92 Å². The van der Waals surface area contributed by atoms with Gasteiger partial charge in [-0.1, -0.05) is 0 Å². The highest BCUT2D eigenvalue weighted by Crippen LogP contribution is 2.20. The number of carboxylic acids is 1. The predicted octanol–water partition coefficient (Wildman–Crippen LogP) is 0.504. The Hall–Kier alpha value is -1.79. The largest absolute Gasteiger partial charge is 0.480 e. The van der Waals surface area contributed by atoms with Crippen molar-refractivity contribution in [2.75, 3.05) is 26.2 Å². The molecule has 0 aromatic heterocycles. The zero-order valence-electron chi connectivity index (χ0n) is 12.4. The first-order valence-corrected chi connectivity index (χ1v) is 7.56. The van der Waals surface area contributed by atoms with E-state index >= 15 is 0 Å². The number of aliphatic carboxylic acids is 1. The quantitative estimate of drug-likeness (QED) is 0.794. The molecule has 0 bridgehead atoms. The van der Waals surface area contributed by atoms with Gasteiger partial charge >= 0.3 is 12.0 Å². The Bertz CT molecular complexity index is 412. The van der Waals surface area contributed by atoms with Gasteiger partial charge in [-0.25, -0.2) is 4.79 Å². The standard InChI is InChI=1S/C14H23N3O4/c1-10(13(19)20)15-12(18)11-4-8-17(9-5-11)14(21)16-6-2-3-7-16/h10-11H,2-9H2,1H3,(H,15,18)(H,19,20). The van der Waals surface area contributed by atoms with Gasteiger partial charge in [0.15, 0.2) is 0 Å². The third-order valence-corrected chi connectivity index (χ3v) is 4.24. The van der Waals surface area contributed by atoms with Crippen LogP contribution in [-0.2, 0) is 9.59 Å². The molecule has 0 spiro atoms. The number of nitrogens with one attached hydrogen (secondary N) is 1. The fraction of sp³-hybridized carbons (Fsp3) is 0.786. The van der Waals surface area contributed by atoms with Crippen LogP contribution in [0.5, 0.6) is 0 Å². The zero-order chi connectivity index (χ0) is 15.4. The Labute approximate surface area is 124 Å². The SMILES string of the molecule is CC(NC(=O)C1CCN(C(=O)N2CCCC2)CC1)C(=O)O. The Kier molecular flexibility index (Phi) is 5.03. The molecule has 0 radical (unpaired) electrons. The molecule has 1 unspecified atom stereocenters. The Balaban J connectivity index is 1.78. The lowest BCUT2D eigenvalue weighted by atomic mass is 9.96. The molecule has 2 aliphatic heterocycles. The van der Waals surface area contributed by atoms with Crippen LogP contribution in [0.25, 0.3) is 0 Å². The molecule has 2 saturated heterocycles. The molecular weight excluding hydrogens is 274 g/mol. The van der Waals surface area contributed by atoms with Crippen LogP contribution in [0.3, 0.4) is 0 Å². The summed E-state index contributed by atoms with van der Waals surface area (Å²) in [5.74, 6) is -1.46. The van der Waals surface area contributed by atoms with Crippen molar-refractivity contribution in [3.05, 3.63) is 0 Å². The molecule has 2 N–H and O–H groups in total. The van der Waals surface area contributed by atoms with Gasteiger partial charge in [-0.3, -0.25) is 9.59 Å². The molecule has 2 rings (SSSR count). The third-order valence-electron chi connectivity index (χ3n) is 4.24. The highest BCUT2D eigenvalue weighted by Gasteiger charge is 2.31. The molecule has 118 valence electrons. The van der Waals surface area contributed by atoms with Gasteiger partial charge in [-0.15, -0.1) is 0 Å². The van der Waals surface area contributed by atoms with Gasteiger partial charge in [0.25, 0.3) is 0 Å². The Morgan fingerprint density at radius 1 is 1.05 bits per heavy atom. The maximum absolute atomic E-state index is 12.2. The number of amides is 3. The first-order valence-electron chi connectivity index (χ1n) is 7.56. The van der Waals surface area contributed by atoms with Crippen LogP contribution in [0, 0.1) is 5.92 Å². The minimum absolute atomic E-state index is 0.0743. The summed E-state index contributed by atoms with van der Waals surface area (Å²) in [4.78, 5) is 38.6. The minimum atomic E-state index is -1.04. The monoisotopic (exact) mass is 297 g/mol. The molecule has 21 heavy (non-hydrogen) atoms. The molecule has 1 atom stereocenters. The average Bonchev–Trinajstić information content (AvgIpc) is 3.00. The van der Waals surface area contributed by atoms with E-state index in [2.05, 4.69) is 5.32 Å². The van der Waals surface area contributed by atoms with Gasteiger partial charge in [-0.05, 0) is 32.6 Å². The van der Waals surface area contributed by atoms with Gasteiger partial charge in [0, 0.05) is 32.1 Å². The van der Waals surface area contributed by atoms with Crippen molar-refractivity contribution in [3.8, 4) is 0 Å². The van der Waals surface area contributed by atoms with E-state index in [1.807, 2.05) is 4.90 Å². The van der Waals surface area contributed by atoms with E-state index in [1.54, 1.807) is 4.90 Å². The molecule has 0 aliphatic carbocycles. The number of carbonyl (C=O) groups excluding carboxylic acids is 2. The van der Waals surface area contributed by atoms with Gasteiger partial charge < -0.3 is 20.2 Å². The van der Waals surface area contributed by atoms with E-state index in [1.165, 1.54) is 6.92 Å². The summed E-state index contributed by atoms with van der Waals surface area (Å²) in [5.41, 5.74) is 0. The van der Waals surface area contributed by atoms with Gasteiger partial charge in [0.2, 0.25) is 5.91 Å². The first kappa shape index (κ1) is 15.6. The molecule has 0 aromatic rings. The molecule has 2 heterocycles. The topological polar surface area (TPSA) is 90.0 Å². The van der Waals surface area contributed by atoms with Crippen LogP contribution in [0.2, 0.25) is 0 Å². The second-order valence-electron chi connectivity index (χ2n) is 5.81. The van der Waals surface area contributed by atoms with Crippen molar-refractivity contribution in [1.29, 1.82) is 0 Å². The summed E-state index contributed by atoms with van der Waals surface area (Å²) >= 11 is 0. The molecule has 0 aromatic carbocycles. The predicted molar refractivity (Wildman–Crippen MR) is 75.7 cm³/mol. The number of carboxylic acid groups (broad SMARTS) is 1. The normalized spacial score (nSPS) is 21.2. The van der Waals surface area contributed by atoms with Gasteiger partial charge in [-0.2, -0.15) is 0 Å². The highest BCUT2D eigenvalue weighted by molar-refractivity contribution is 5.85. The van der Waals surface area contributed by atoms with Crippen LogP contribution in [0.4, 0.5) is 4.79 Å². The summed E-state index contributed by atoms with van der Waals surface area (Å²) < 4.78 is 0. The average molecular weight is 297 g/mol. The second kappa shape index (κ2) is 6.78. The summed E-state index contributed by atoms with van der Waals surface area (Å²) in [6.45, 7) is 4.24. The smallest absolute Gasteiger partial charge is 0.325 e. The van der Waals surface area contributed by atoms with E-state index in [0.29, 0.717) is 25.9 Å². The molecule has 7 heteroatoms. The lowest BCUT2D eigenvalue weighted by Crippen LogP contribution is -2.49. The number of hydrogen-bond acceptors (Lipinski definition) is 3.